The lowest BCUT2D eigenvalue weighted by atomic mass is 10.1. The Bertz CT molecular complexity index is 634. The molecule has 0 saturated carbocycles. The number of carbonyl (C=O) groups is 5. The molecule has 0 bridgehead atoms. The number of hydrogen-bond acceptors (Lipinski definition) is 8. The van der Waals surface area contributed by atoms with Crippen LogP contribution in [0.15, 0.2) is 0 Å². The van der Waals surface area contributed by atoms with E-state index in [4.69, 9.17) is 16.6 Å². The van der Waals surface area contributed by atoms with Gasteiger partial charge in [-0.25, -0.2) is 4.79 Å². The van der Waals surface area contributed by atoms with E-state index in [1.165, 1.54) is 18.7 Å². The van der Waals surface area contributed by atoms with Crippen molar-refractivity contribution in [3.05, 3.63) is 0 Å². The third kappa shape index (κ3) is 12.2. The first-order valence-electron chi connectivity index (χ1n) is 9.83. The first-order valence-corrected chi connectivity index (χ1v) is 11.2. The van der Waals surface area contributed by atoms with Gasteiger partial charge >= 0.3 is 11.9 Å². The zero-order valence-corrected chi connectivity index (χ0v) is 18.6. The fraction of sp³-hybridized carbons (Fsp3) is 0.722. The van der Waals surface area contributed by atoms with Crippen molar-refractivity contribution >= 4 is 41.4 Å². The summed E-state index contributed by atoms with van der Waals surface area (Å²) in [5, 5.41) is 25.2. The lowest BCUT2D eigenvalue weighted by Crippen LogP contribution is -2.56. The molecule has 0 spiro atoms. The summed E-state index contributed by atoms with van der Waals surface area (Å²) in [6.45, 7) is 1.75. The zero-order valence-electron chi connectivity index (χ0n) is 17.8. The van der Waals surface area contributed by atoms with Gasteiger partial charge in [-0.05, 0) is 51.2 Å². The zero-order chi connectivity index (χ0) is 24.0. The van der Waals surface area contributed by atoms with Gasteiger partial charge in [0.05, 0.1) is 12.5 Å². The highest BCUT2D eigenvalue weighted by Gasteiger charge is 2.28. The fourth-order valence-electron chi connectivity index (χ4n) is 2.49. The number of nitrogens with two attached hydrogens (primary N) is 2. The SMILES string of the molecule is CSCCC(NC(=O)C(CCCCN)NC(=O)C(C)NC(=O)C(N)CC(=O)O)C(=O)O. The van der Waals surface area contributed by atoms with Gasteiger partial charge in [0.1, 0.15) is 18.1 Å². The number of carboxylic acids is 2. The first kappa shape index (κ1) is 28.6. The highest BCUT2D eigenvalue weighted by molar-refractivity contribution is 7.98. The summed E-state index contributed by atoms with van der Waals surface area (Å²) < 4.78 is 0. The highest BCUT2D eigenvalue weighted by atomic mass is 32.2. The van der Waals surface area contributed by atoms with Crippen molar-refractivity contribution in [1.29, 1.82) is 0 Å². The minimum Gasteiger partial charge on any atom is -0.481 e. The molecule has 13 heteroatoms. The van der Waals surface area contributed by atoms with E-state index < -0.39 is 60.2 Å². The van der Waals surface area contributed by atoms with Crippen molar-refractivity contribution in [2.45, 2.75) is 63.2 Å². The standard InChI is InChI=1S/C18H33N5O7S/c1-10(21-16(27)11(20)9-14(24)25)15(26)22-12(5-3-4-7-19)17(28)23-13(18(29)30)6-8-31-2/h10-13H,3-9,19-20H2,1-2H3,(H,21,27)(H,22,26)(H,23,28)(H,24,25)(H,29,30). The smallest absolute Gasteiger partial charge is 0.326 e. The molecule has 0 heterocycles. The molecule has 0 aliphatic rings. The van der Waals surface area contributed by atoms with Crippen molar-refractivity contribution in [3.8, 4) is 0 Å². The van der Waals surface area contributed by atoms with E-state index >= 15 is 0 Å². The topological polar surface area (TPSA) is 214 Å². The molecule has 4 atom stereocenters. The lowest BCUT2D eigenvalue weighted by Gasteiger charge is -2.23. The Morgan fingerprint density at radius 3 is 2.03 bits per heavy atom. The average molecular weight is 464 g/mol. The Morgan fingerprint density at radius 2 is 1.52 bits per heavy atom. The van der Waals surface area contributed by atoms with Crippen molar-refractivity contribution in [2.75, 3.05) is 18.6 Å². The van der Waals surface area contributed by atoms with E-state index in [-0.39, 0.29) is 12.8 Å². The number of carboxylic acid groups (broad SMARTS) is 2. The van der Waals surface area contributed by atoms with E-state index in [0.717, 1.165) is 0 Å². The van der Waals surface area contributed by atoms with Gasteiger partial charge in [0, 0.05) is 0 Å². The van der Waals surface area contributed by atoms with Gasteiger partial charge in [-0.15, -0.1) is 0 Å². The van der Waals surface area contributed by atoms with Gasteiger partial charge in [-0.3, -0.25) is 19.2 Å². The van der Waals surface area contributed by atoms with Crippen molar-refractivity contribution < 1.29 is 34.2 Å². The number of unbranched alkanes of at least 4 members (excludes halogenated alkanes) is 1. The second kappa shape index (κ2) is 15.4. The van der Waals surface area contributed by atoms with Crippen LogP contribution in [-0.2, 0) is 24.0 Å². The van der Waals surface area contributed by atoms with Crippen LogP contribution in [0.1, 0.15) is 39.0 Å². The minimum atomic E-state index is -1.33. The van der Waals surface area contributed by atoms with Crippen LogP contribution in [0.25, 0.3) is 0 Å². The first-order chi connectivity index (χ1) is 14.5. The van der Waals surface area contributed by atoms with Crippen LogP contribution in [0.5, 0.6) is 0 Å². The van der Waals surface area contributed by atoms with Crippen LogP contribution in [-0.4, -0.2) is 82.6 Å². The molecule has 0 aromatic heterocycles. The number of hydrogen-bond donors (Lipinski definition) is 7. The van der Waals surface area contributed by atoms with Crippen LogP contribution in [0.4, 0.5) is 0 Å². The van der Waals surface area contributed by atoms with E-state index in [2.05, 4.69) is 16.0 Å². The summed E-state index contributed by atoms with van der Waals surface area (Å²) in [4.78, 5) is 59.0. The molecular weight excluding hydrogens is 430 g/mol. The Balaban J connectivity index is 5.08. The molecule has 12 nitrogen and oxygen atoms in total. The summed E-state index contributed by atoms with van der Waals surface area (Å²) in [6.07, 6.45) is 2.78. The molecule has 0 aliphatic carbocycles. The van der Waals surface area contributed by atoms with Gasteiger partial charge in [0.2, 0.25) is 17.7 Å². The second-order valence-electron chi connectivity index (χ2n) is 6.96. The maximum absolute atomic E-state index is 12.6. The summed E-state index contributed by atoms with van der Waals surface area (Å²) >= 11 is 1.44. The Morgan fingerprint density at radius 1 is 0.903 bits per heavy atom. The molecule has 0 saturated heterocycles. The summed E-state index contributed by atoms with van der Waals surface area (Å²) in [6, 6.07) is -4.55. The van der Waals surface area contributed by atoms with Crippen molar-refractivity contribution in [3.63, 3.8) is 0 Å². The Kier molecular flexibility index (Phi) is 14.2. The molecule has 31 heavy (non-hydrogen) atoms. The molecule has 178 valence electrons. The van der Waals surface area contributed by atoms with Crippen LogP contribution in [0, 0.1) is 0 Å². The van der Waals surface area contributed by atoms with E-state index in [1.807, 2.05) is 6.26 Å². The molecule has 0 fully saturated rings. The van der Waals surface area contributed by atoms with Gasteiger partial charge in [-0.1, -0.05) is 0 Å². The molecule has 9 N–H and O–H groups in total. The van der Waals surface area contributed by atoms with E-state index in [0.29, 0.717) is 25.1 Å². The largest absolute Gasteiger partial charge is 0.481 e. The highest BCUT2D eigenvalue weighted by Crippen LogP contribution is 2.05. The van der Waals surface area contributed by atoms with Gasteiger partial charge in [-0.2, -0.15) is 11.8 Å². The second-order valence-corrected chi connectivity index (χ2v) is 7.95. The molecular formula is C18H33N5O7S. The van der Waals surface area contributed by atoms with Gasteiger partial charge < -0.3 is 37.6 Å². The molecule has 0 aromatic carbocycles. The van der Waals surface area contributed by atoms with Crippen LogP contribution in [0.2, 0.25) is 0 Å². The number of amides is 3. The molecule has 3 amide bonds. The molecule has 0 aromatic rings. The minimum absolute atomic E-state index is 0.222. The van der Waals surface area contributed by atoms with Gasteiger partial charge in [0.25, 0.3) is 0 Å². The molecule has 0 rings (SSSR count). The average Bonchev–Trinajstić information content (AvgIpc) is 2.69. The lowest BCUT2D eigenvalue weighted by molar-refractivity contribution is -0.142. The third-order valence-electron chi connectivity index (χ3n) is 4.29. The van der Waals surface area contributed by atoms with E-state index in [1.54, 1.807) is 0 Å². The fourth-order valence-corrected chi connectivity index (χ4v) is 2.96. The predicted molar refractivity (Wildman–Crippen MR) is 115 cm³/mol. The monoisotopic (exact) mass is 463 g/mol. The van der Waals surface area contributed by atoms with Crippen molar-refractivity contribution in [1.82, 2.24) is 16.0 Å². The van der Waals surface area contributed by atoms with Crippen LogP contribution in [0.3, 0.4) is 0 Å². The van der Waals surface area contributed by atoms with Crippen molar-refractivity contribution in [2.24, 2.45) is 11.5 Å². The Labute approximate surface area is 185 Å². The number of thioether (sulfide) groups is 1. The number of rotatable bonds is 16. The summed E-state index contributed by atoms with van der Waals surface area (Å²) in [5.74, 6) is -4.08. The number of aliphatic carboxylic acids is 2. The summed E-state index contributed by atoms with van der Waals surface area (Å²) in [5.41, 5.74) is 10.9. The number of nitrogens with one attached hydrogen (secondary N) is 3. The van der Waals surface area contributed by atoms with E-state index in [9.17, 15) is 29.1 Å². The molecule has 4 unspecified atom stereocenters. The quantitative estimate of drug-likeness (QED) is 0.128. The predicted octanol–water partition coefficient (Wildman–Crippen LogP) is -1.77. The number of carbonyl (C=O) groups excluding carboxylic acids is 3. The maximum Gasteiger partial charge on any atom is 0.326 e. The summed E-state index contributed by atoms with van der Waals surface area (Å²) in [7, 11) is 0. The maximum atomic E-state index is 12.6. The van der Waals surface area contributed by atoms with Crippen LogP contribution < -0.4 is 27.4 Å². The normalized spacial score (nSPS) is 14.6. The molecule has 0 radical (unpaired) electrons. The third-order valence-corrected chi connectivity index (χ3v) is 4.93. The Hall–Kier alpha value is -2.38. The van der Waals surface area contributed by atoms with Gasteiger partial charge in [0.15, 0.2) is 0 Å². The molecule has 0 aliphatic heterocycles. The van der Waals surface area contributed by atoms with Crippen LogP contribution >= 0.6 is 11.8 Å².